The van der Waals surface area contributed by atoms with Crippen molar-refractivity contribution in [2.75, 3.05) is 36.0 Å². The van der Waals surface area contributed by atoms with Gasteiger partial charge in [0.1, 0.15) is 17.9 Å². The molecule has 4 heterocycles. The predicted octanol–water partition coefficient (Wildman–Crippen LogP) is 6.95. The fourth-order valence-corrected chi connectivity index (χ4v) is 7.24. The third-order valence-electron chi connectivity index (χ3n) is 8.66. The van der Waals surface area contributed by atoms with Crippen LogP contribution in [0.2, 0.25) is 0 Å². The van der Waals surface area contributed by atoms with Gasteiger partial charge in [-0.25, -0.2) is 19.3 Å². The van der Waals surface area contributed by atoms with Crippen LogP contribution in [0.25, 0.3) is 11.1 Å². The highest BCUT2D eigenvalue weighted by Gasteiger charge is 2.45. The minimum atomic E-state index is -0.332. The molecule has 0 bridgehead atoms. The van der Waals surface area contributed by atoms with Crippen molar-refractivity contribution in [2.24, 2.45) is 5.41 Å². The Morgan fingerprint density at radius 1 is 1.07 bits per heavy atom. The number of halogens is 1. The number of anilines is 2. The van der Waals surface area contributed by atoms with Crippen LogP contribution in [0.3, 0.4) is 0 Å². The molecule has 2 saturated heterocycles. The Labute approximate surface area is 243 Å². The average Bonchev–Trinajstić information content (AvgIpc) is 3.38. The van der Waals surface area contributed by atoms with E-state index in [4.69, 9.17) is 9.72 Å². The van der Waals surface area contributed by atoms with Crippen LogP contribution in [-0.4, -0.2) is 41.1 Å². The molecule has 2 aliphatic heterocycles. The van der Waals surface area contributed by atoms with Crippen molar-refractivity contribution in [3.8, 4) is 28.7 Å². The topological polar surface area (TPSA) is 78.2 Å². The lowest BCUT2D eigenvalue weighted by molar-refractivity contribution is 0.373. The van der Waals surface area contributed by atoms with Crippen LogP contribution in [0.15, 0.2) is 54.3 Å². The fraction of sp³-hybridized carbons (Fsp3) is 0.375. The molecule has 2 aromatic carbocycles. The fourth-order valence-electron chi connectivity index (χ4n) is 6.30. The lowest BCUT2D eigenvalue weighted by Crippen LogP contribution is -2.31. The summed E-state index contributed by atoms with van der Waals surface area (Å²) < 4.78 is 21.1. The van der Waals surface area contributed by atoms with Crippen molar-refractivity contribution < 1.29 is 9.13 Å². The summed E-state index contributed by atoms with van der Waals surface area (Å²) in [4.78, 5) is 18.5. The van der Waals surface area contributed by atoms with Gasteiger partial charge in [-0.2, -0.15) is 5.26 Å². The molecule has 0 radical (unpaired) electrons. The van der Waals surface area contributed by atoms with Gasteiger partial charge < -0.3 is 14.5 Å². The van der Waals surface area contributed by atoms with Crippen LogP contribution < -0.4 is 14.5 Å². The molecule has 2 aromatic heterocycles. The molecule has 1 atom stereocenters. The van der Waals surface area contributed by atoms with Crippen LogP contribution in [0.5, 0.6) is 11.5 Å². The highest BCUT2D eigenvalue weighted by atomic mass is 32.1. The van der Waals surface area contributed by atoms with Gasteiger partial charge in [-0.15, -0.1) is 11.3 Å². The lowest BCUT2D eigenvalue weighted by atomic mass is 9.86. The SMILES string of the molecule is CCc1csc(N2CCC3(CCN(c4ncncc4Oc4ccc(F)cc4-c4ccc(C#N)cc4C4CC4)C3)C2)n1. The van der Waals surface area contributed by atoms with Crippen molar-refractivity contribution in [1.29, 1.82) is 5.26 Å². The first-order valence-corrected chi connectivity index (χ1v) is 15.2. The van der Waals surface area contributed by atoms with E-state index in [2.05, 4.69) is 38.1 Å². The Balaban J connectivity index is 1.15. The number of ether oxygens (including phenoxy) is 1. The van der Waals surface area contributed by atoms with Gasteiger partial charge in [0.05, 0.1) is 23.5 Å². The van der Waals surface area contributed by atoms with Crippen LogP contribution in [-0.2, 0) is 6.42 Å². The van der Waals surface area contributed by atoms with Gasteiger partial charge in [-0.3, -0.25) is 0 Å². The predicted molar refractivity (Wildman–Crippen MR) is 158 cm³/mol. The van der Waals surface area contributed by atoms with Crippen LogP contribution in [0.1, 0.15) is 55.3 Å². The van der Waals surface area contributed by atoms with Gasteiger partial charge in [0.25, 0.3) is 0 Å². The Morgan fingerprint density at radius 3 is 2.68 bits per heavy atom. The highest BCUT2D eigenvalue weighted by molar-refractivity contribution is 7.13. The van der Waals surface area contributed by atoms with Crippen molar-refractivity contribution in [1.82, 2.24) is 15.0 Å². The Hall–Kier alpha value is -4.03. The smallest absolute Gasteiger partial charge is 0.188 e. The Kier molecular flexibility index (Phi) is 6.58. The number of hydrogen-bond donors (Lipinski definition) is 0. The molecule has 7 rings (SSSR count). The molecule has 7 nitrogen and oxygen atoms in total. The largest absolute Gasteiger partial charge is 0.451 e. The highest BCUT2D eigenvalue weighted by Crippen LogP contribution is 2.48. The Bertz CT molecular complexity index is 1650. The van der Waals surface area contributed by atoms with Crippen molar-refractivity contribution in [3.05, 3.63) is 76.9 Å². The molecule has 1 aliphatic carbocycles. The summed E-state index contributed by atoms with van der Waals surface area (Å²) in [7, 11) is 0. The standard InChI is InChI=1S/C32H31FN6OS/c1-2-24-17-41-31(37-24)39-12-10-32(19-39)9-11-38(18-32)30-29(16-35-20-36-30)40-28-8-6-23(33)14-27(28)25-7-3-21(15-34)13-26(25)22-4-5-22/h3,6-8,13-14,16-17,20,22H,2,4-5,9-12,18-19H2,1H3. The molecular formula is C32H31FN6OS. The number of aryl methyl sites for hydroxylation is 1. The lowest BCUT2D eigenvalue weighted by Gasteiger charge is -2.26. The van der Waals surface area contributed by atoms with Gasteiger partial charge in [0, 0.05) is 42.5 Å². The zero-order valence-corrected chi connectivity index (χ0v) is 23.8. The van der Waals surface area contributed by atoms with Crippen molar-refractivity contribution in [2.45, 2.75) is 44.9 Å². The number of rotatable bonds is 7. The summed E-state index contributed by atoms with van der Waals surface area (Å²) in [5.74, 6) is 1.92. The maximum absolute atomic E-state index is 14.6. The third kappa shape index (κ3) is 5.02. The molecule has 41 heavy (non-hydrogen) atoms. The zero-order chi connectivity index (χ0) is 28.0. The first-order chi connectivity index (χ1) is 20.0. The molecule has 208 valence electrons. The van der Waals surface area contributed by atoms with Crippen LogP contribution in [0.4, 0.5) is 15.3 Å². The number of thiazole rings is 1. The second kappa shape index (κ2) is 10.4. The van der Waals surface area contributed by atoms with E-state index >= 15 is 0 Å². The summed E-state index contributed by atoms with van der Waals surface area (Å²) in [6.07, 6.45) is 8.56. The summed E-state index contributed by atoms with van der Waals surface area (Å²) in [5, 5.41) is 12.7. The minimum absolute atomic E-state index is 0.183. The number of aromatic nitrogens is 3. The van der Waals surface area contributed by atoms with Gasteiger partial charge in [-0.1, -0.05) is 13.0 Å². The number of nitriles is 1. The van der Waals surface area contributed by atoms with E-state index in [-0.39, 0.29) is 11.2 Å². The van der Waals surface area contributed by atoms with E-state index in [1.165, 1.54) is 12.1 Å². The molecule has 1 spiro atoms. The minimum Gasteiger partial charge on any atom is -0.451 e. The summed E-state index contributed by atoms with van der Waals surface area (Å²) >= 11 is 1.74. The second-order valence-corrected chi connectivity index (χ2v) is 12.3. The maximum Gasteiger partial charge on any atom is 0.188 e. The van der Waals surface area contributed by atoms with E-state index in [0.717, 1.165) is 86.1 Å². The van der Waals surface area contributed by atoms with Gasteiger partial charge in [0.2, 0.25) is 0 Å². The van der Waals surface area contributed by atoms with E-state index in [0.29, 0.717) is 28.5 Å². The average molecular weight is 567 g/mol. The zero-order valence-electron chi connectivity index (χ0n) is 23.0. The third-order valence-corrected chi connectivity index (χ3v) is 9.61. The normalized spacial score (nSPS) is 20.1. The second-order valence-electron chi connectivity index (χ2n) is 11.5. The number of benzene rings is 2. The van der Waals surface area contributed by atoms with Gasteiger partial charge in [0.15, 0.2) is 16.7 Å². The van der Waals surface area contributed by atoms with Crippen LogP contribution in [0, 0.1) is 22.6 Å². The summed E-state index contributed by atoms with van der Waals surface area (Å²) in [6, 6.07) is 12.5. The van der Waals surface area contributed by atoms with E-state index in [1.807, 2.05) is 12.1 Å². The van der Waals surface area contributed by atoms with E-state index in [9.17, 15) is 9.65 Å². The molecular weight excluding hydrogens is 535 g/mol. The van der Waals surface area contributed by atoms with Gasteiger partial charge >= 0.3 is 0 Å². The summed E-state index contributed by atoms with van der Waals surface area (Å²) in [5.41, 5.74) is 4.60. The number of hydrogen-bond acceptors (Lipinski definition) is 8. The molecule has 0 N–H and O–H groups in total. The van der Waals surface area contributed by atoms with Crippen molar-refractivity contribution >= 4 is 22.3 Å². The monoisotopic (exact) mass is 566 g/mol. The Morgan fingerprint density at radius 2 is 1.90 bits per heavy atom. The van der Waals surface area contributed by atoms with E-state index in [1.54, 1.807) is 36.0 Å². The first kappa shape index (κ1) is 25.9. The summed E-state index contributed by atoms with van der Waals surface area (Å²) in [6.45, 7) is 5.93. The quantitative estimate of drug-likeness (QED) is 0.240. The molecule has 3 aliphatic rings. The maximum atomic E-state index is 14.6. The molecule has 0 amide bonds. The van der Waals surface area contributed by atoms with Crippen LogP contribution >= 0.6 is 11.3 Å². The van der Waals surface area contributed by atoms with Gasteiger partial charge in [-0.05, 0) is 79.5 Å². The number of nitrogens with zero attached hydrogens (tertiary/aromatic N) is 6. The molecule has 1 unspecified atom stereocenters. The van der Waals surface area contributed by atoms with Crippen molar-refractivity contribution in [3.63, 3.8) is 0 Å². The molecule has 9 heteroatoms. The molecule has 3 fully saturated rings. The molecule has 4 aromatic rings. The first-order valence-electron chi connectivity index (χ1n) is 14.3. The van der Waals surface area contributed by atoms with E-state index < -0.39 is 0 Å². The molecule has 1 saturated carbocycles.